The van der Waals surface area contributed by atoms with Crippen LogP contribution in [-0.2, 0) is 13.1 Å². The number of furan rings is 1. The Morgan fingerprint density at radius 3 is 2.33 bits per heavy atom. The minimum Gasteiger partial charge on any atom is -0.465 e. The predicted molar refractivity (Wildman–Crippen MR) is 76.7 cm³/mol. The van der Waals surface area contributed by atoms with Crippen LogP contribution in [0, 0.1) is 6.92 Å². The lowest BCUT2D eigenvalue weighted by atomic mass is 10.1. The summed E-state index contributed by atoms with van der Waals surface area (Å²) >= 11 is 0. The van der Waals surface area contributed by atoms with Gasteiger partial charge in [-0.05, 0) is 46.9 Å². The van der Waals surface area contributed by atoms with Crippen molar-refractivity contribution in [1.29, 1.82) is 0 Å². The van der Waals surface area contributed by atoms with E-state index in [1.165, 1.54) is 5.56 Å². The van der Waals surface area contributed by atoms with E-state index < -0.39 is 0 Å². The molecule has 0 amide bonds. The van der Waals surface area contributed by atoms with E-state index in [9.17, 15) is 0 Å². The van der Waals surface area contributed by atoms with Gasteiger partial charge in [0.15, 0.2) is 0 Å². The average Bonchev–Trinajstić information content (AvgIpc) is 2.63. The van der Waals surface area contributed by atoms with Crippen LogP contribution in [0.3, 0.4) is 0 Å². The van der Waals surface area contributed by atoms with Crippen molar-refractivity contribution in [3.8, 4) is 0 Å². The molecule has 0 radical (unpaired) electrons. The predicted octanol–water partition coefficient (Wildman–Crippen LogP) is 3.32. The minimum atomic E-state index is 0.142. The van der Waals surface area contributed by atoms with Crippen molar-refractivity contribution in [1.82, 2.24) is 10.2 Å². The summed E-state index contributed by atoms with van der Waals surface area (Å²) in [5.74, 6) is 2.11. The minimum absolute atomic E-state index is 0.142. The van der Waals surface area contributed by atoms with Crippen molar-refractivity contribution in [2.75, 3.05) is 13.1 Å². The standard InChI is InChI=1S/C15H28N2O/c1-7-17(8-2)11-14-9-13(12(3)18-14)10-16-15(4,5)6/h9,16H,7-8,10-11H2,1-6H3. The third kappa shape index (κ3) is 4.83. The van der Waals surface area contributed by atoms with E-state index in [1.54, 1.807) is 0 Å². The second-order valence-electron chi connectivity index (χ2n) is 5.86. The number of aryl methyl sites for hydroxylation is 1. The highest BCUT2D eigenvalue weighted by atomic mass is 16.3. The molecular formula is C15H28N2O. The second kappa shape index (κ2) is 6.39. The molecule has 18 heavy (non-hydrogen) atoms. The molecule has 1 heterocycles. The van der Waals surface area contributed by atoms with E-state index in [0.29, 0.717) is 0 Å². The summed E-state index contributed by atoms with van der Waals surface area (Å²) in [4.78, 5) is 2.36. The highest BCUT2D eigenvalue weighted by molar-refractivity contribution is 5.21. The first kappa shape index (κ1) is 15.3. The molecule has 104 valence electrons. The number of nitrogens with one attached hydrogen (secondary N) is 1. The first-order chi connectivity index (χ1) is 8.35. The molecule has 0 aromatic carbocycles. The van der Waals surface area contributed by atoms with E-state index >= 15 is 0 Å². The molecule has 0 unspecified atom stereocenters. The molecule has 0 fully saturated rings. The highest BCUT2D eigenvalue weighted by Crippen LogP contribution is 2.17. The van der Waals surface area contributed by atoms with Crippen LogP contribution in [0.15, 0.2) is 10.5 Å². The normalized spacial score (nSPS) is 12.4. The summed E-state index contributed by atoms with van der Waals surface area (Å²) in [5, 5.41) is 3.50. The lowest BCUT2D eigenvalue weighted by Crippen LogP contribution is -2.35. The molecule has 3 nitrogen and oxygen atoms in total. The molecule has 0 spiro atoms. The van der Waals surface area contributed by atoms with Gasteiger partial charge in [-0.25, -0.2) is 0 Å². The van der Waals surface area contributed by atoms with E-state index in [-0.39, 0.29) is 5.54 Å². The smallest absolute Gasteiger partial charge is 0.118 e. The van der Waals surface area contributed by atoms with Crippen molar-refractivity contribution >= 4 is 0 Å². The SMILES string of the molecule is CCN(CC)Cc1cc(CNC(C)(C)C)c(C)o1. The summed E-state index contributed by atoms with van der Waals surface area (Å²) in [6, 6.07) is 2.19. The van der Waals surface area contributed by atoms with E-state index in [1.807, 2.05) is 6.92 Å². The zero-order chi connectivity index (χ0) is 13.8. The first-order valence-electron chi connectivity index (χ1n) is 6.91. The molecule has 1 N–H and O–H groups in total. The van der Waals surface area contributed by atoms with Gasteiger partial charge in [0.05, 0.1) is 6.54 Å². The van der Waals surface area contributed by atoms with Crippen LogP contribution in [0.2, 0.25) is 0 Å². The van der Waals surface area contributed by atoms with Gasteiger partial charge in [0.25, 0.3) is 0 Å². The Hall–Kier alpha value is -0.800. The summed E-state index contributed by atoms with van der Waals surface area (Å²) in [7, 11) is 0. The van der Waals surface area contributed by atoms with Crippen LogP contribution in [0.4, 0.5) is 0 Å². The van der Waals surface area contributed by atoms with Gasteiger partial charge >= 0.3 is 0 Å². The molecule has 0 saturated carbocycles. The summed E-state index contributed by atoms with van der Waals surface area (Å²) < 4.78 is 5.83. The van der Waals surface area contributed by atoms with E-state index in [0.717, 1.165) is 37.7 Å². The monoisotopic (exact) mass is 252 g/mol. The molecule has 0 atom stereocenters. The van der Waals surface area contributed by atoms with Gasteiger partial charge < -0.3 is 9.73 Å². The van der Waals surface area contributed by atoms with Gasteiger partial charge in [-0.3, -0.25) is 4.90 Å². The molecule has 0 saturated heterocycles. The maximum atomic E-state index is 5.83. The summed E-state index contributed by atoms with van der Waals surface area (Å²) in [6.45, 7) is 16.9. The number of hydrogen-bond donors (Lipinski definition) is 1. The van der Waals surface area contributed by atoms with Crippen molar-refractivity contribution in [2.24, 2.45) is 0 Å². The fourth-order valence-corrected chi connectivity index (χ4v) is 1.87. The second-order valence-corrected chi connectivity index (χ2v) is 5.86. The van der Waals surface area contributed by atoms with Gasteiger partial charge in [0.2, 0.25) is 0 Å². The van der Waals surface area contributed by atoms with Crippen molar-refractivity contribution < 1.29 is 4.42 Å². The van der Waals surface area contributed by atoms with Crippen molar-refractivity contribution in [2.45, 2.75) is 60.2 Å². The fraction of sp³-hybridized carbons (Fsp3) is 0.733. The zero-order valence-electron chi connectivity index (χ0n) is 12.8. The molecular weight excluding hydrogens is 224 g/mol. The molecule has 1 aromatic heterocycles. The van der Waals surface area contributed by atoms with Gasteiger partial charge in [-0.1, -0.05) is 13.8 Å². The molecule has 0 bridgehead atoms. The Kier molecular flexibility index (Phi) is 5.42. The Morgan fingerprint density at radius 2 is 1.83 bits per heavy atom. The Labute approximate surface area is 112 Å². The largest absolute Gasteiger partial charge is 0.465 e. The molecule has 1 aromatic rings. The van der Waals surface area contributed by atoms with Crippen LogP contribution >= 0.6 is 0 Å². The molecule has 3 heteroatoms. The molecule has 0 aliphatic carbocycles. The van der Waals surface area contributed by atoms with Crippen LogP contribution in [0.25, 0.3) is 0 Å². The Morgan fingerprint density at radius 1 is 1.22 bits per heavy atom. The zero-order valence-corrected chi connectivity index (χ0v) is 12.8. The van der Waals surface area contributed by atoms with E-state index in [2.05, 4.69) is 50.9 Å². The fourth-order valence-electron chi connectivity index (χ4n) is 1.87. The lowest BCUT2D eigenvalue weighted by Gasteiger charge is -2.20. The highest BCUT2D eigenvalue weighted by Gasteiger charge is 2.13. The van der Waals surface area contributed by atoms with Gasteiger partial charge in [0, 0.05) is 17.6 Å². The third-order valence-corrected chi connectivity index (χ3v) is 3.15. The number of hydrogen-bond acceptors (Lipinski definition) is 3. The van der Waals surface area contributed by atoms with Crippen LogP contribution in [-0.4, -0.2) is 23.5 Å². The van der Waals surface area contributed by atoms with Crippen LogP contribution < -0.4 is 5.32 Å². The topological polar surface area (TPSA) is 28.4 Å². The lowest BCUT2D eigenvalue weighted by molar-refractivity contribution is 0.266. The molecule has 1 rings (SSSR count). The maximum Gasteiger partial charge on any atom is 0.118 e. The number of rotatable bonds is 6. The van der Waals surface area contributed by atoms with Crippen molar-refractivity contribution in [3.63, 3.8) is 0 Å². The van der Waals surface area contributed by atoms with Crippen LogP contribution in [0.5, 0.6) is 0 Å². The first-order valence-corrected chi connectivity index (χ1v) is 6.91. The summed E-state index contributed by atoms with van der Waals surface area (Å²) in [6.07, 6.45) is 0. The van der Waals surface area contributed by atoms with E-state index in [4.69, 9.17) is 4.42 Å². The molecule has 0 aliphatic rings. The average molecular weight is 252 g/mol. The van der Waals surface area contributed by atoms with Crippen LogP contribution in [0.1, 0.15) is 51.7 Å². The molecule has 0 aliphatic heterocycles. The van der Waals surface area contributed by atoms with Gasteiger partial charge in [-0.15, -0.1) is 0 Å². The van der Waals surface area contributed by atoms with Crippen molar-refractivity contribution in [3.05, 3.63) is 23.2 Å². The summed E-state index contributed by atoms with van der Waals surface area (Å²) in [5.41, 5.74) is 1.41. The Balaban J connectivity index is 2.64. The van der Waals surface area contributed by atoms with Gasteiger partial charge in [-0.2, -0.15) is 0 Å². The quantitative estimate of drug-likeness (QED) is 0.842. The third-order valence-electron chi connectivity index (χ3n) is 3.15. The number of nitrogens with zero attached hydrogens (tertiary/aromatic N) is 1. The van der Waals surface area contributed by atoms with Gasteiger partial charge in [0.1, 0.15) is 11.5 Å². The maximum absolute atomic E-state index is 5.83. The Bertz CT molecular complexity index is 359.